The maximum atomic E-state index is 12.3. The van der Waals surface area contributed by atoms with Crippen LogP contribution in [0.25, 0.3) is 0 Å². The number of halogens is 1. The van der Waals surface area contributed by atoms with Gasteiger partial charge in [0.2, 0.25) is 0 Å². The summed E-state index contributed by atoms with van der Waals surface area (Å²) >= 11 is 6.00. The highest BCUT2D eigenvalue weighted by molar-refractivity contribution is 7.90. The van der Waals surface area contributed by atoms with Crippen LogP contribution in [0.2, 0.25) is 0 Å². The van der Waals surface area contributed by atoms with Gasteiger partial charge in [0.15, 0.2) is 9.84 Å². The van der Waals surface area contributed by atoms with Gasteiger partial charge in [0.1, 0.15) is 0 Å². The molecule has 0 bridgehead atoms. The van der Waals surface area contributed by atoms with E-state index in [0.717, 1.165) is 19.1 Å². The predicted molar refractivity (Wildman–Crippen MR) is 74.3 cm³/mol. The van der Waals surface area contributed by atoms with Gasteiger partial charge in [-0.1, -0.05) is 6.07 Å². The lowest BCUT2D eigenvalue weighted by molar-refractivity contribution is 0.0726. The minimum absolute atomic E-state index is 0.130. The van der Waals surface area contributed by atoms with Crippen molar-refractivity contribution >= 4 is 27.3 Å². The minimum Gasteiger partial charge on any atom is -0.339 e. The van der Waals surface area contributed by atoms with Gasteiger partial charge in [-0.3, -0.25) is 4.79 Å². The average Bonchev–Trinajstić information content (AvgIpc) is 2.38. The molecule has 104 valence electrons. The van der Waals surface area contributed by atoms with E-state index in [1.54, 1.807) is 17.0 Å². The zero-order valence-electron chi connectivity index (χ0n) is 10.7. The third-order valence-electron chi connectivity index (χ3n) is 3.22. The lowest BCUT2D eigenvalue weighted by Crippen LogP contribution is -2.38. The average molecular weight is 302 g/mol. The molecule has 0 radical (unpaired) electrons. The molecule has 0 spiro atoms. The second-order valence-corrected chi connectivity index (χ2v) is 7.40. The lowest BCUT2D eigenvalue weighted by atomic mass is 10.1. The van der Waals surface area contributed by atoms with E-state index >= 15 is 0 Å². The van der Waals surface area contributed by atoms with Gasteiger partial charge in [0.05, 0.1) is 4.90 Å². The largest absolute Gasteiger partial charge is 0.339 e. The number of nitrogens with zero attached hydrogens (tertiary/aromatic N) is 1. The van der Waals surface area contributed by atoms with E-state index in [1.807, 2.05) is 0 Å². The maximum Gasteiger partial charge on any atom is 0.253 e. The number of amides is 1. The van der Waals surface area contributed by atoms with Crippen LogP contribution in [0.3, 0.4) is 0 Å². The van der Waals surface area contributed by atoms with Crippen molar-refractivity contribution in [2.75, 3.05) is 19.3 Å². The Labute approximate surface area is 118 Å². The molecule has 19 heavy (non-hydrogen) atoms. The van der Waals surface area contributed by atoms with Gasteiger partial charge in [0.25, 0.3) is 5.91 Å². The number of alkyl halides is 1. The van der Waals surface area contributed by atoms with Crippen LogP contribution < -0.4 is 0 Å². The van der Waals surface area contributed by atoms with E-state index in [4.69, 9.17) is 11.6 Å². The Bertz CT molecular complexity index is 577. The van der Waals surface area contributed by atoms with Crippen molar-refractivity contribution < 1.29 is 13.2 Å². The molecule has 0 unspecified atom stereocenters. The molecule has 1 fully saturated rings. The summed E-state index contributed by atoms with van der Waals surface area (Å²) in [7, 11) is -3.29. The zero-order valence-corrected chi connectivity index (χ0v) is 12.2. The summed E-state index contributed by atoms with van der Waals surface area (Å²) < 4.78 is 23.0. The second kappa shape index (κ2) is 5.51. The highest BCUT2D eigenvalue weighted by Crippen LogP contribution is 2.19. The second-order valence-electron chi connectivity index (χ2n) is 4.77. The molecule has 0 aliphatic carbocycles. The first-order valence-electron chi connectivity index (χ1n) is 6.11. The molecule has 0 atom stereocenters. The highest BCUT2D eigenvalue weighted by Gasteiger charge is 2.23. The first kappa shape index (κ1) is 14.3. The van der Waals surface area contributed by atoms with E-state index in [-0.39, 0.29) is 16.2 Å². The van der Waals surface area contributed by atoms with Crippen LogP contribution in [0.15, 0.2) is 29.2 Å². The van der Waals surface area contributed by atoms with Crippen LogP contribution in [0, 0.1) is 0 Å². The summed E-state index contributed by atoms with van der Waals surface area (Å²) in [5.74, 6) is -0.130. The van der Waals surface area contributed by atoms with Gasteiger partial charge in [-0.15, -0.1) is 11.6 Å². The van der Waals surface area contributed by atoms with Crippen molar-refractivity contribution in [3.8, 4) is 0 Å². The minimum atomic E-state index is -3.29. The molecule has 1 amide bonds. The molecule has 0 saturated carbocycles. The van der Waals surface area contributed by atoms with E-state index in [9.17, 15) is 13.2 Å². The van der Waals surface area contributed by atoms with Crippen molar-refractivity contribution in [1.82, 2.24) is 4.90 Å². The van der Waals surface area contributed by atoms with E-state index in [2.05, 4.69) is 0 Å². The Kier molecular flexibility index (Phi) is 4.16. The van der Waals surface area contributed by atoms with Crippen LogP contribution in [0.1, 0.15) is 23.2 Å². The van der Waals surface area contributed by atoms with Gasteiger partial charge in [-0.2, -0.15) is 0 Å². The molecular formula is C13H16ClNO3S. The van der Waals surface area contributed by atoms with Crippen molar-refractivity contribution in [2.45, 2.75) is 23.1 Å². The first-order chi connectivity index (χ1) is 8.88. The molecule has 1 aliphatic rings. The predicted octanol–water partition coefficient (Wildman–Crippen LogP) is 1.93. The number of hydrogen-bond donors (Lipinski definition) is 0. The molecule has 1 heterocycles. The number of benzene rings is 1. The Morgan fingerprint density at radius 2 is 1.95 bits per heavy atom. The number of sulfone groups is 1. The van der Waals surface area contributed by atoms with E-state index in [1.165, 1.54) is 12.1 Å². The fraction of sp³-hybridized carbons (Fsp3) is 0.462. The van der Waals surface area contributed by atoms with Crippen LogP contribution in [-0.4, -0.2) is 43.9 Å². The van der Waals surface area contributed by atoms with Crippen molar-refractivity contribution in [3.63, 3.8) is 0 Å². The Morgan fingerprint density at radius 1 is 1.32 bits per heavy atom. The smallest absolute Gasteiger partial charge is 0.253 e. The van der Waals surface area contributed by atoms with Crippen molar-refractivity contribution in [2.24, 2.45) is 0 Å². The molecule has 1 saturated heterocycles. The molecule has 1 aromatic rings. The molecule has 2 rings (SSSR count). The Morgan fingerprint density at radius 3 is 2.53 bits per heavy atom. The number of carbonyl (C=O) groups excluding carboxylic acids is 1. The summed E-state index contributed by atoms with van der Waals surface area (Å²) in [6, 6.07) is 6.17. The van der Waals surface area contributed by atoms with Gasteiger partial charge < -0.3 is 4.90 Å². The fourth-order valence-corrected chi connectivity index (χ4v) is 2.96. The van der Waals surface area contributed by atoms with Gasteiger partial charge in [0, 0.05) is 30.3 Å². The van der Waals surface area contributed by atoms with Gasteiger partial charge >= 0.3 is 0 Å². The number of rotatable bonds is 2. The fourth-order valence-electron chi connectivity index (χ4n) is 2.09. The summed E-state index contributed by atoms with van der Waals surface area (Å²) in [6.07, 6.45) is 2.69. The molecule has 0 aromatic heterocycles. The molecular weight excluding hydrogens is 286 g/mol. The number of hydrogen-bond acceptors (Lipinski definition) is 3. The number of likely N-dealkylation sites (tertiary alicyclic amines) is 1. The number of piperidine rings is 1. The van der Waals surface area contributed by atoms with Gasteiger partial charge in [-0.25, -0.2) is 8.42 Å². The molecule has 4 nitrogen and oxygen atoms in total. The van der Waals surface area contributed by atoms with Crippen LogP contribution in [0.4, 0.5) is 0 Å². The van der Waals surface area contributed by atoms with Crippen LogP contribution in [0.5, 0.6) is 0 Å². The van der Waals surface area contributed by atoms with E-state index in [0.29, 0.717) is 18.7 Å². The lowest BCUT2D eigenvalue weighted by Gasteiger charge is -2.29. The van der Waals surface area contributed by atoms with Crippen LogP contribution in [-0.2, 0) is 9.84 Å². The molecule has 1 aliphatic heterocycles. The molecule has 6 heteroatoms. The summed E-state index contributed by atoms with van der Waals surface area (Å²) in [5, 5.41) is 0.131. The van der Waals surface area contributed by atoms with Crippen LogP contribution >= 0.6 is 11.6 Å². The first-order valence-corrected chi connectivity index (χ1v) is 8.44. The Balaban J connectivity index is 2.20. The quantitative estimate of drug-likeness (QED) is 0.784. The molecule has 1 aromatic carbocycles. The summed E-state index contributed by atoms with van der Waals surface area (Å²) in [5.41, 5.74) is 0.413. The third-order valence-corrected chi connectivity index (χ3v) is 4.77. The summed E-state index contributed by atoms with van der Waals surface area (Å²) in [4.78, 5) is 14.2. The van der Waals surface area contributed by atoms with Gasteiger partial charge in [-0.05, 0) is 31.0 Å². The van der Waals surface area contributed by atoms with E-state index < -0.39 is 9.84 Å². The topological polar surface area (TPSA) is 54.5 Å². The number of carbonyl (C=O) groups is 1. The third kappa shape index (κ3) is 3.48. The monoisotopic (exact) mass is 301 g/mol. The van der Waals surface area contributed by atoms with Crippen molar-refractivity contribution in [3.05, 3.63) is 29.8 Å². The summed E-state index contributed by atoms with van der Waals surface area (Å²) in [6.45, 7) is 1.24. The normalized spacial score (nSPS) is 17.5. The molecule has 0 N–H and O–H groups in total. The van der Waals surface area contributed by atoms with Crippen molar-refractivity contribution in [1.29, 1.82) is 0 Å². The standard InChI is InChI=1S/C13H16ClNO3S/c1-19(17,18)12-4-2-3-10(9-12)13(16)15-7-5-11(14)6-8-15/h2-4,9,11H,5-8H2,1H3. The SMILES string of the molecule is CS(=O)(=O)c1cccc(C(=O)N2CCC(Cl)CC2)c1. The maximum absolute atomic E-state index is 12.3. The highest BCUT2D eigenvalue weighted by atomic mass is 35.5. The Hall–Kier alpha value is -1.07. The zero-order chi connectivity index (χ0) is 14.0.